The molecular formula is C17H26N2O2. The van der Waals surface area contributed by atoms with E-state index in [2.05, 4.69) is 19.2 Å². The van der Waals surface area contributed by atoms with Gasteiger partial charge < -0.3 is 5.32 Å². The number of hydrogen-bond donors (Lipinski definition) is 1. The molecule has 0 aromatic heterocycles. The van der Waals surface area contributed by atoms with Crippen LogP contribution in [-0.4, -0.2) is 11.0 Å². The van der Waals surface area contributed by atoms with Gasteiger partial charge in [0.05, 0.1) is 4.92 Å². The molecule has 1 aromatic carbocycles. The van der Waals surface area contributed by atoms with Crippen LogP contribution in [0.1, 0.15) is 64.0 Å². The van der Waals surface area contributed by atoms with Gasteiger partial charge in [0.15, 0.2) is 0 Å². The van der Waals surface area contributed by atoms with Crippen LogP contribution < -0.4 is 5.32 Å². The van der Waals surface area contributed by atoms with Crippen molar-refractivity contribution in [3.63, 3.8) is 0 Å². The zero-order chi connectivity index (χ0) is 15.2. The van der Waals surface area contributed by atoms with Crippen molar-refractivity contribution in [1.82, 2.24) is 5.32 Å². The Balaban J connectivity index is 1.97. The smallest absolute Gasteiger partial charge is 0.269 e. The number of rotatable bonds is 5. The third-order valence-electron chi connectivity index (χ3n) is 4.70. The van der Waals surface area contributed by atoms with Crippen LogP contribution in [0.5, 0.6) is 0 Å². The molecule has 0 heterocycles. The lowest BCUT2D eigenvalue weighted by Gasteiger charge is -2.27. The number of nitrogens with one attached hydrogen (secondary N) is 1. The van der Waals surface area contributed by atoms with Crippen LogP contribution in [0.25, 0.3) is 0 Å². The number of non-ortho nitro benzene ring substituents is 1. The lowest BCUT2D eigenvalue weighted by Crippen LogP contribution is -2.35. The van der Waals surface area contributed by atoms with Crippen molar-refractivity contribution in [3.05, 3.63) is 39.9 Å². The molecule has 4 heteroatoms. The van der Waals surface area contributed by atoms with Gasteiger partial charge in [-0.15, -0.1) is 0 Å². The van der Waals surface area contributed by atoms with Gasteiger partial charge in [0.2, 0.25) is 0 Å². The standard InChI is InChI=1S/C17H26N2O2/c1-13(15-8-5-3-4-6-9-15)18-14(2)16-10-7-11-17(12-16)19(20)21/h7,10-15,18H,3-6,8-9H2,1-2H3/t13-,14?/m1/s1. The molecule has 21 heavy (non-hydrogen) atoms. The van der Waals surface area contributed by atoms with Gasteiger partial charge in [-0.3, -0.25) is 10.1 Å². The summed E-state index contributed by atoms with van der Waals surface area (Å²) in [6.45, 7) is 4.34. The highest BCUT2D eigenvalue weighted by atomic mass is 16.6. The summed E-state index contributed by atoms with van der Waals surface area (Å²) in [7, 11) is 0. The Kier molecular flexibility index (Phi) is 5.74. The molecule has 1 fully saturated rings. The maximum Gasteiger partial charge on any atom is 0.269 e. The molecular weight excluding hydrogens is 264 g/mol. The third kappa shape index (κ3) is 4.53. The molecule has 1 saturated carbocycles. The van der Waals surface area contributed by atoms with Gasteiger partial charge in [-0.05, 0) is 38.2 Å². The van der Waals surface area contributed by atoms with Crippen LogP contribution in [0.15, 0.2) is 24.3 Å². The van der Waals surface area contributed by atoms with E-state index in [0.29, 0.717) is 6.04 Å². The minimum atomic E-state index is -0.328. The zero-order valence-corrected chi connectivity index (χ0v) is 13.0. The summed E-state index contributed by atoms with van der Waals surface area (Å²) in [5.41, 5.74) is 1.16. The highest BCUT2D eigenvalue weighted by Gasteiger charge is 2.21. The minimum Gasteiger partial charge on any atom is -0.307 e. The molecule has 1 aliphatic carbocycles. The molecule has 2 rings (SSSR count). The van der Waals surface area contributed by atoms with E-state index in [0.717, 1.165) is 11.5 Å². The van der Waals surface area contributed by atoms with Crippen LogP contribution in [0, 0.1) is 16.0 Å². The van der Waals surface area contributed by atoms with Crippen molar-refractivity contribution in [2.75, 3.05) is 0 Å². The molecule has 1 N–H and O–H groups in total. The van der Waals surface area contributed by atoms with Gasteiger partial charge in [-0.1, -0.05) is 37.8 Å². The van der Waals surface area contributed by atoms with Crippen LogP contribution >= 0.6 is 0 Å². The molecule has 1 aliphatic rings. The molecule has 0 saturated heterocycles. The average molecular weight is 290 g/mol. The fourth-order valence-corrected chi connectivity index (χ4v) is 3.35. The summed E-state index contributed by atoms with van der Waals surface area (Å²) in [5, 5.41) is 14.5. The lowest BCUT2D eigenvalue weighted by molar-refractivity contribution is -0.384. The molecule has 4 nitrogen and oxygen atoms in total. The van der Waals surface area contributed by atoms with Crippen LogP contribution in [0.2, 0.25) is 0 Å². The Morgan fingerprint density at radius 1 is 1.19 bits per heavy atom. The fraction of sp³-hybridized carbons (Fsp3) is 0.647. The first-order chi connectivity index (χ1) is 10.1. The topological polar surface area (TPSA) is 55.2 Å². The van der Waals surface area contributed by atoms with Crippen molar-refractivity contribution < 1.29 is 4.92 Å². The van der Waals surface area contributed by atoms with Crippen LogP contribution in [-0.2, 0) is 0 Å². The second kappa shape index (κ2) is 7.55. The normalized spacial score (nSPS) is 19.7. The second-order valence-electron chi connectivity index (χ2n) is 6.28. The first-order valence-corrected chi connectivity index (χ1v) is 8.08. The largest absolute Gasteiger partial charge is 0.307 e. The molecule has 2 atom stereocenters. The van der Waals surface area contributed by atoms with Crippen molar-refractivity contribution in [2.24, 2.45) is 5.92 Å². The summed E-state index contributed by atoms with van der Waals surface area (Å²) in [5.74, 6) is 0.730. The zero-order valence-electron chi connectivity index (χ0n) is 13.0. The summed E-state index contributed by atoms with van der Waals surface area (Å²) in [6, 6.07) is 7.55. The van der Waals surface area contributed by atoms with Gasteiger partial charge in [0, 0.05) is 24.2 Å². The molecule has 1 aromatic rings. The highest BCUT2D eigenvalue weighted by molar-refractivity contribution is 5.35. The van der Waals surface area contributed by atoms with Crippen molar-refractivity contribution in [2.45, 2.75) is 64.5 Å². The van der Waals surface area contributed by atoms with E-state index in [1.165, 1.54) is 38.5 Å². The average Bonchev–Trinajstić information content (AvgIpc) is 2.76. The van der Waals surface area contributed by atoms with E-state index in [9.17, 15) is 10.1 Å². The van der Waals surface area contributed by atoms with E-state index in [-0.39, 0.29) is 16.7 Å². The van der Waals surface area contributed by atoms with Gasteiger partial charge in [0.25, 0.3) is 5.69 Å². The Morgan fingerprint density at radius 3 is 2.48 bits per heavy atom. The predicted molar refractivity (Wildman–Crippen MR) is 85.3 cm³/mol. The highest BCUT2D eigenvalue weighted by Crippen LogP contribution is 2.27. The fourth-order valence-electron chi connectivity index (χ4n) is 3.35. The Labute approximate surface area is 127 Å². The van der Waals surface area contributed by atoms with Crippen molar-refractivity contribution in [3.8, 4) is 0 Å². The van der Waals surface area contributed by atoms with Gasteiger partial charge in [-0.25, -0.2) is 0 Å². The summed E-state index contributed by atoms with van der Waals surface area (Å²) < 4.78 is 0. The number of nitrogens with zero attached hydrogens (tertiary/aromatic N) is 1. The Bertz CT molecular complexity index is 468. The van der Waals surface area contributed by atoms with Crippen molar-refractivity contribution >= 4 is 5.69 Å². The number of benzene rings is 1. The van der Waals surface area contributed by atoms with E-state index in [4.69, 9.17) is 0 Å². The van der Waals surface area contributed by atoms with Crippen molar-refractivity contribution in [1.29, 1.82) is 0 Å². The minimum absolute atomic E-state index is 0.142. The molecule has 116 valence electrons. The molecule has 0 aliphatic heterocycles. The van der Waals surface area contributed by atoms with Crippen LogP contribution in [0.4, 0.5) is 5.69 Å². The first-order valence-electron chi connectivity index (χ1n) is 8.08. The lowest BCUT2D eigenvalue weighted by atomic mass is 9.92. The van der Waals surface area contributed by atoms with E-state index < -0.39 is 0 Å². The Morgan fingerprint density at radius 2 is 1.86 bits per heavy atom. The number of hydrogen-bond acceptors (Lipinski definition) is 3. The van der Waals surface area contributed by atoms with Gasteiger partial charge >= 0.3 is 0 Å². The third-order valence-corrected chi connectivity index (χ3v) is 4.70. The summed E-state index contributed by atoms with van der Waals surface area (Å²) >= 11 is 0. The second-order valence-corrected chi connectivity index (χ2v) is 6.28. The first kappa shape index (κ1) is 16.0. The quantitative estimate of drug-likeness (QED) is 0.489. The van der Waals surface area contributed by atoms with E-state index >= 15 is 0 Å². The van der Waals surface area contributed by atoms with Crippen LogP contribution in [0.3, 0.4) is 0 Å². The Hall–Kier alpha value is -1.42. The maximum absolute atomic E-state index is 10.9. The molecule has 0 radical (unpaired) electrons. The molecule has 0 amide bonds. The predicted octanol–water partition coefficient (Wildman–Crippen LogP) is 4.60. The van der Waals surface area contributed by atoms with E-state index in [1.54, 1.807) is 18.2 Å². The van der Waals surface area contributed by atoms with E-state index in [1.807, 2.05) is 6.07 Å². The van der Waals surface area contributed by atoms with Gasteiger partial charge in [0.1, 0.15) is 0 Å². The molecule has 1 unspecified atom stereocenters. The monoisotopic (exact) mass is 290 g/mol. The molecule has 0 spiro atoms. The molecule has 0 bridgehead atoms. The number of nitro groups is 1. The number of nitro benzene ring substituents is 1. The van der Waals surface area contributed by atoms with Gasteiger partial charge in [-0.2, -0.15) is 0 Å². The SMILES string of the molecule is CC(N[C@H](C)C1CCCCCC1)c1cccc([N+](=O)[O-])c1. The summed E-state index contributed by atoms with van der Waals surface area (Å²) in [4.78, 5) is 10.5. The summed E-state index contributed by atoms with van der Waals surface area (Å²) in [6.07, 6.45) is 8.00. The maximum atomic E-state index is 10.9.